The summed E-state index contributed by atoms with van der Waals surface area (Å²) in [4.78, 5) is 3.72. The Balaban J connectivity index is 0.00000484. The maximum atomic E-state index is 12.4. The van der Waals surface area contributed by atoms with E-state index in [0.717, 1.165) is 0 Å². The number of hydrogen-bond acceptors (Lipinski definition) is 2. The molecular formula is C12H14Cl2F4IN3O. The molecule has 0 fully saturated rings. The van der Waals surface area contributed by atoms with E-state index in [1.807, 2.05) is 0 Å². The molecule has 0 saturated heterocycles. The Hall–Kier alpha value is -0.680. The van der Waals surface area contributed by atoms with E-state index in [9.17, 15) is 17.6 Å². The van der Waals surface area contributed by atoms with Gasteiger partial charge in [-0.05, 0) is 12.1 Å². The van der Waals surface area contributed by atoms with Crippen LogP contribution in [0.2, 0.25) is 10.0 Å². The Morgan fingerprint density at radius 3 is 2.39 bits per heavy atom. The van der Waals surface area contributed by atoms with Crippen LogP contribution in [0, 0.1) is 0 Å². The molecule has 1 aromatic rings. The van der Waals surface area contributed by atoms with Crippen LogP contribution in [0.4, 0.5) is 17.6 Å². The number of ether oxygens (including phenoxy) is 1. The van der Waals surface area contributed by atoms with Crippen molar-refractivity contribution in [2.24, 2.45) is 4.99 Å². The molecular weight excluding hydrogens is 476 g/mol. The van der Waals surface area contributed by atoms with Crippen LogP contribution >= 0.6 is 47.2 Å². The molecule has 0 bridgehead atoms. The van der Waals surface area contributed by atoms with Crippen LogP contribution < -0.4 is 15.4 Å². The van der Waals surface area contributed by atoms with E-state index >= 15 is 0 Å². The smallest absolute Gasteiger partial charge is 0.387 e. The zero-order valence-corrected chi connectivity index (χ0v) is 15.6. The van der Waals surface area contributed by atoms with Crippen LogP contribution in [0.5, 0.6) is 5.75 Å². The summed E-state index contributed by atoms with van der Waals surface area (Å²) in [7, 11) is 1.38. The van der Waals surface area contributed by atoms with Crippen molar-refractivity contribution in [3.05, 3.63) is 27.7 Å². The van der Waals surface area contributed by atoms with Gasteiger partial charge in [-0.3, -0.25) is 4.99 Å². The van der Waals surface area contributed by atoms with E-state index in [1.54, 1.807) is 0 Å². The van der Waals surface area contributed by atoms with Crippen molar-refractivity contribution >= 4 is 53.1 Å². The van der Waals surface area contributed by atoms with Gasteiger partial charge in [-0.25, -0.2) is 8.78 Å². The summed E-state index contributed by atoms with van der Waals surface area (Å²) in [5.74, 6) is -0.169. The first kappa shape index (κ1) is 22.3. The second kappa shape index (κ2) is 11.0. The topological polar surface area (TPSA) is 45.7 Å². The van der Waals surface area contributed by atoms with Gasteiger partial charge in [-0.2, -0.15) is 8.78 Å². The lowest BCUT2D eigenvalue weighted by molar-refractivity contribution is -0.0504. The zero-order valence-electron chi connectivity index (χ0n) is 11.8. The first-order valence-electron chi connectivity index (χ1n) is 5.99. The average Bonchev–Trinajstić information content (AvgIpc) is 2.41. The van der Waals surface area contributed by atoms with Crippen molar-refractivity contribution in [3.8, 4) is 5.75 Å². The minimum absolute atomic E-state index is 0. The Kier molecular flexibility index (Phi) is 10.7. The van der Waals surface area contributed by atoms with Gasteiger partial charge in [0.15, 0.2) is 5.96 Å². The molecule has 11 heteroatoms. The van der Waals surface area contributed by atoms with Gasteiger partial charge in [0.2, 0.25) is 0 Å². The molecule has 0 aliphatic rings. The molecule has 1 aromatic carbocycles. The van der Waals surface area contributed by atoms with Gasteiger partial charge in [0.1, 0.15) is 5.75 Å². The van der Waals surface area contributed by atoms with Gasteiger partial charge in [0.25, 0.3) is 6.43 Å². The molecule has 0 heterocycles. The minimum atomic E-state index is -3.06. The molecule has 0 aromatic heterocycles. The summed E-state index contributed by atoms with van der Waals surface area (Å²) in [5, 5.41) is 5.17. The van der Waals surface area contributed by atoms with Gasteiger partial charge >= 0.3 is 6.61 Å². The average molecular weight is 490 g/mol. The normalized spacial score (nSPS) is 11.4. The summed E-state index contributed by atoms with van der Waals surface area (Å²) in [6.45, 7) is -3.71. The fourth-order valence-electron chi connectivity index (χ4n) is 1.54. The minimum Gasteiger partial charge on any atom is -0.433 e. The lowest BCUT2D eigenvalue weighted by Gasteiger charge is -2.15. The molecule has 2 N–H and O–H groups in total. The Morgan fingerprint density at radius 1 is 1.22 bits per heavy atom. The fourth-order valence-corrected chi connectivity index (χ4v) is 2.12. The van der Waals surface area contributed by atoms with E-state index in [1.165, 1.54) is 19.2 Å². The van der Waals surface area contributed by atoms with Gasteiger partial charge < -0.3 is 15.4 Å². The summed E-state index contributed by atoms with van der Waals surface area (Å²) in [6.07, 6.45) is -2.56. The Morgan fingerprint density at radius 2 is 1.87 bits per heavy atom. The van der Waals surface area contributed by atoms with E-state index in [-0.39, 0.29) is 57.8 Å². The zero-order chi connectivity index (χ0) is 16.7. The maximum Gasteiger partial charge on any atom is 0.387 e. The SMILES string of the molecule is CN=C(NCc1cc(Cl)cc(Cl)c1OC(F)F)NCC(F)F.I. The van der Waals surface area contributed by atoms with Crippen LogP contribution in [0.1, 0.15) is 5.56 Å². The van der Waals surface area contributed by atoms with Gasteiger partial charge in [0.05, 0.1) is 11.6 Å². The van der Waals surface area contributed by atoms with Crippen molar-refractivity contribution in [3.63, 3.8) is 0 Å². The molecule has 0 unspecified atom stereocenters. The molecule has 23 heavy (non-hydrogen) atoms. The van der Waals surface area contributed by atoms with E-state index < -0.39 is 19.6 Å². The van der Waals surface area contributed by atoms with E-state index in [0.29, 0.717) is 0 Å². The highest BCUT2D eigenvalue weighted by Crippen LogP contribution is 2.33. The van der Waals surface area contributed by atoms with Crippen molar-refractivity contribution < 1.29 is 22.3 Å². The summed E-state index contributed by atoms with van der Waals surface area (Å²) in [6, 6.07) is 2.63. The number of alkyl halides is 4. The largest absolute Gasteiger partial charge is 0.433 e. The third kappa shape index (κ3) is 8.11. The van der Waals surface area contributed by atoms with Crippen LogP contribution in [0.3, 0.4) is 0 Å². The summed E-state index contributed by atoms with van der Waals surface area (Å²) >= 11 is 11.6. The van der Waals surface area contributed by atoms with Crippen LogP contribution in [0.25, 0.3) is 0 Å². The Labute approximate surface area is 157 Å². The molecule has 0 aliphatic heterocycles. The number of guanidine groups is 1. The second-order valence-corrected chi connectivity index (χ2v) is 4.80. The first-order valence-corrected chi connectivity index (χ1v) is 6.74. The maximum absolute atomic E-state index is 12.4. The lowest BCUT2D eigenvalue weighted by atomic mass is 10.2. The molecule has 0 radical (unpaired) electrons. The predicted molar refractivity (Wildman–Crippen MR) is 92.7 cm³/mol. The van der Waals surface area contributed by atoms with Crippen molar-refractivity contribution in [1.82, 2.24) is 10.6 Å². The fraction of sp³-hybridized carbons (Fsp3) is 0.417. The molecule has 4 nitrogen and oxygen atoms in total. The van der Waals surface area contributed by atoms with Gasteiger partial charge in [-0.1, -0.05) is 23.2 Å². The van der Waals surface area contributed by atoms with Crippen LogP contribution in [-0.2, 0) is 6.54 Å². The lowest BCUT2D eigenvalue weighted by Crippen LogP contribution is -2.39. The number of aliphatic imine (C=N–C) groups is 1. The number of nitrogens with one attached hydrogen (secondary N) is 2. The quantitative estimate of drug-likeness (QED) is 0.273. The predicted octanol–water partition coefficient (Wildman–Crippen LogP) is 4.14. The summed E-state index contributed by atoms with van der Waals surface area (Å²) < 4.78 is 53.4. The van der Waals surface area contributed by atoms with Crippen molar-refractivity contribution in [1.29, 1.82) is 0 Å². The highest BCUT2D eigenvalue weighted by atomic mass is 127. The molecule has 0 aliphatic carbocycles. The third-order valence-corrected chi connectivity index (χ3v) is 2.88. The molecule has 132 valence electrons. The van der Waals surface area contributed by atoms with Crippen molar-refractivity contribution in [2.45, 2.75) is 19.6 Å². The molecule has 0 amide bonds. The highest BCUT2D eigenvalue weighted by Gasteiger charge is 2.15. The van der Waals surface area contributed by atoms with Crippen molar-refractivity contribution in [2.75, 3.05) is 13.6 Å². The number of halogens is 7. The van der Waals surface area contributed by atoms with Crippen LogP contribution in [-0.4, -0.2) is 32.6 Å². The number of hydrogen-bond donors (Lipinski definition) is 2. The number of rotatable bonds is 6. The molecule has 1 rings (SSSR count). The van der Waals surface area contributed by atoms with Crippen LogP contribution in [0.15, 0.2) is 17.1 Å². The number of benzene rings is 1. The van der Waals surface area contributed by atoms with Gasteiger partial charge in [-0.15, -0.1) is 24.0 Å². The van der Waals surface area contributed by atoms with Gasteiger partial charge in [0, 0.05) is 24.2 Å². The first-order chi connectivity index (χ1) is 10.3. The van der Waals surface area contributed by atoms with E-state index in [4.69, 9.17) is 23.2 Å². The second-order valence-electron chi connectivity index (χ2n) is 3.95. The Bertz CT molecular complexity index is 535. The molecule has 0 atom stereocenters. The third-order valence-electron chi connectivity index (χ3n) is 2.39. The van der Waals surface area contributed by atoms with E-state index in [2.05, 4.69) is 20.4 Å². The molecule has 0 saturated carbocycles. The monoisotopic (exact) mass is 489 g/mol. The number of nitrogens with zero attached hydrogens (tertiary/aromatic N) is 1. The molecule has 0 spiro atoms. The highest BCUT2D eigenvalue weighted by molar-refractivity contribution is 14.0. The standard InChI is InChI=1S/C12H13Cl2F4N3O.HI/c1-19-12(21-5-9(15)16)20-4-6-2-7(13)3-8(14)10(6)22-11(17)18;/h2-3,9,11H,4-5H2,1H3,(H2,19,20,21);1H. The summed E-state index contributed by atoms with van der Waals surface area (Å²) in [5.41, 5.74) is 0.234.